The normalized spacial score (nSPS) is 13.9. The van der Waals surface area contributed by atoms with Crippen LogP contribution in [-0.2, 0) is 17.8 Å². The lowest BCUT2D eigenvalue weighted by atomic mass is 10.1. The number of carbonyl (C=O) groups excluding carboxylic acids is 2. The van der Waals surface area contributed by atoms with Crippen molar-refractivity contribution in [3.8, 4) is 0 Å². The Morgan fingerprint density at radius 3 is 2.55 bits per heavy atom. The molecule has 0 spiro atoms. The van der Waals surface area contributed by atoms with Gasteiger partial charge in [0.2, 0.25) is 5.91 Å². The molecule has 4 rings (SSSR count). The van der Waals surface area contributed by atoms with Crippen LogP contribution in [-0.4, -0.2) is 23.7 Å². The van der Waals surface area contributed by atoms with Crippen molar-refractivity contribution in [1.29, 1.82) is 0 Å². The standard InChI is InChI=1S/C27H29N3O2S/c1-19-8-11-22(12-9-19)17-30-24-16-23(14-15-25(24)33-18-26(30)31)29-27(32)28-20(2)10-13-21-6-4-3-5-7-21/h3-9,11-12,14-16,20H,10,13,17-18H2,1-2H3,(H2,28,29,32). The summed E-state index contributed by atoms with van der Waals surface area (Å²) in [4.78, 5) is 28.1. The van der Waals surface area contributed by atoms with Gasteiger partial charge in [-0.2, -0.15) is 0 Å². The molecule has 3 aromatic carbocycles. The van der Waals surface area contributed by atoms with Gasteiger partial charge in [-0.25, -0.2) is 4.79 Å². The topological polar surface area (TPSA) is 61.4 Å². The summed E-state index contributed by atoms with van der Waals surface area (Å²) in [5.41, 5.74) is 5.04. The van der Waals surface area contributed by atoms with E-state index < -0.39 is 0 Å². The van der Waals surface area contributed by atoms with Crippen LogP contribution in [0.1, 0.15) is 30.0 Å². The van der Waals surface area contributed by atoms with Crippen LogP contribution >= 0.6 is 11.8 Å². The molecule has 1 aliphatic rings. The fourth-order valence-electron chi connectivity index (χ4n) is 3.82. The minimum absolute atomic E-state index is 0.0398. The highest BCUT2D eigenvalue weighted by Gasteiger charge is 2.25. The Balaban J connectivity index is 1.39. The van der Waals surface area contributed by atoms with Crippen molar-refractivity contribution in [2.45, 2.75) is 44.2 Å². The molecule has 170 valence electrons. The number of carbonyl (C=O) groups is 2. The van der Waals surface area contributed by atoms with E-state index in [2.05, 4.69) is 47.0 Å². The van der Waals surface area contributed by atoms with Gasteiger partial charge >= 0.3 is 6.03 Å². The van der Waals surface area contributed by atoms with Crippen molar-refractivity contribution in [2.75, 3.05) is 16.0 Å². The quantitative estimate of drug-likeness (QED) is 0.471. The van der Waals surface area contributed by atoms with Gasteiger partial charge in [-0.3, -0.25) is 4.79 Å². The van der Waals surface area contributed by atoms with Crippen LogP contribution < -0.4 is 15.5 Å². The Kier molecular flexibility index (Phi) is 7.35. The van der Waals surface area contributed by atoms with E-state index in [0.29, 0.717) is 18.0 Å². The Morgan fingerprint density at radius 2 is 1.79 bits per heavy atom. The second-order valence-corrected chi connectivity index (χ2v) is 9.48. The van der Waals surface area contributed by atoms with Crippen molar-refractivity contribution < 1.29 is 9.59 Å². The SMILES string of the molecule is Cc1ccc(CN2C(=O)CSc3ccc(NC(=O)NC(C)CCc4ccccc4)cc32)cc1. The predicted octanol–water partition coefficient (Wildman–Crippen LogP) is 5.78. The average molecular weight is 460 g/mol. The van der Waals surface area contributed by atoms with E-state index in [-0.39, 0.29) is 18.0 Å². The first kappa shape index (κ1) is 22.9. The van der Waals surface area contributed by atoms with E-state index in [0.717, 1.165) is 29.0 Å². The molecule has 0 saturated heterocycles. The third kappa shape index (κ3) is 6.17. The Morgan fingerprint density at radius 1 is 1.03 bits per heavy atom. The molecule has 1 unspecified atom stereocenters. The summed E-state index contributed by atoms with van der Waals surface area (Å²) in [7, 11) is 0. The number of hydrogen-bond donors (Lipinski definition) is 2. The van der Waals surface area contributed by atoms with E-state index in [4.69, 9.17) is 0 Å². The summed E-state index contributed by atoms with van der Waals surface area (Å²) in [6.07, 6.45) is 1.77. The monoisotopic (exact) mass is 459 g/mol. The number of benzene rings is 3. The van der Waals surface area contributed by atoms with Gasteiger partial charge in [0, 0.05) is 16.6 Å². The van der Waals surface area contributed by atoms with E-state index in [1.54, 1.807) is 0 Å². The van der Waals surface area contributed by atoms with E-state index in [1.807, 2.05) is 55.1 Å². The first-order chi connectivity index (χ1) is 16.0. The predicted molar refractivity (Wildman–Crippen MR) is 136 cm³/mol. The van der Waals surface area contributed by atoms with Crippen LogP contribution in [0.3, 0.4) is 0 Å². The molecule has 0 aromatic heterocycles. The molecule has 33 heavy (non-hydrogen) atoms. The van der Waals surface area contributed by atoms with E-state index in [1.165, 1.54) is 22.9 Å². The average Bonchev–Trinajstić information content (AvgIpc) is 2.81. The molecule has 0 radical (unpaired) electrons. The number of nitrogens with zero attached hydrogens (tertiary/aromatic N) is 1. The molecular formula is C27H29N3O2S. The second-order valence-electron chi connectivity index (χ2n) is 8.46. The maximum atomic E-state index is 12.7. The molecule has 0 saturated carbocycles. The molecule has 0 fully saturated rings. The third-order valence-electron chi connectivity index (χ3n) is 5.71. The minimum Gasteiger partial charge on any atom is -0.335 e. The molecule has 1 heterocycles. The lowest BCUT2D eigenvalue weighted by Crippen LogP contribution is -2.37. The molecule has 3 aromatic rings. The van der Waals surface area contributed by atoms with Gasteiger partial charge in [-0.1, -0.05) is 60.2 Å². The smallest absolute Gasteiger partial charge is 0.319 e. The van der Waals surface area contributed by atoms with Crippen LogP contribution in [0, 0.1) is 6.92 Å². The van der Waals surface area contributed by atoms with Crippen LogP contribution in [0.2, 0.25) is 0 Å². The highest BCUT2D eigenvalue weighted by molar-refractivity contribution is 8.00. The molecule has 3 amide bonds. The summed E-state index contributed by atoms with van der Waals surface area (Å²) in [6.45, 7) is 4.57. The van der Waals surface area contributed by atoms with Crippen molar-refractivity contribution >= 4 is 35.1 Å². The lowest BCUT2D eigenvalue weighted by molar-refractivity contribution is -0.116. The number of thioether (sulfide) groups is 1. The summed E-state index contributed by atoms with van der Waals surface area (Å²) in [5, 5.41) is 5.94. The maximum Gasteiger partial charge on any atom is 0.319 e. The fourth-order valence-corrected chi connectivity index (χ4v) is 4.74. The number of nitrogens with one attached hydrogen (secondary N) is 2. The number of urea groups is 1. The minimum atomic E-state index is -0.240. The fraction of sp³-hybridized carbons (Fsp3) is 0.259. The van der Waals surface area contributed by atoms with Gasteiger partial charge in [0.1, 0.15) is 0 Å². The van der Waals surface area contributed by atoms with Gasteiger partial charge in [-0.15, -0.1) is 11.8 Å². The van der Waals surface area contributed by atoms with Gasteiger partial charge in [0.15, 0.2) is 0 Å². The largest absolute Gasteiger partial charge is 0.335 e. The molecular weight excluding hydrogens is 430 g/mol. The third-order valence-corrected chi connectivity index (χ3v) is 6.75. The zero-order valence-electron chi connectivity index (χ0n) is 19.0. The van der Waals surface area contributed by atoms with Crippen LogP contribution in [0.4, 0.5) is 16.2 Å². The number of hydrogen-bond acceptors (Lipinski definition) is 3. The Labute approximate surface area is 199 Å². The highest BCUT2D eigenvalue weighted by Crippen LogP contribution is 2.38. The highest BCUT2D eigenvalue weighted by atomic mass is 32.2. The molecule has 6 heteroatoms. The molecule has 1 atom stereocenters. The Hall–Kier alpha value is -3.25. The maximum absolute atomic E-state index is 12.7. The first-order valence-electron chi connectivity index (χ1n) is 11.2. The molecule has 0 bridgehead atoms. The summed E-state index contributed by atoms with van der Waals surface area (Å²) in [6, 6.07) is 24.0. The summed E-state index contributed by atoms with van der Waals surface area (Å²) in [5.74, 6) is 0.495. The molecule has 1 aliphatic heterocycles. The van der Waals surface area contributed by atoms with Gasteiger partial charge < -0.3 is 15.5 Å². The molecule has 5 nitrogen and oxygen atoms in total. The van der Waals surface area contributed by atoms with Crippen LogP contribution in [0.15, 0.2) is 77.7 Å². The molecule has 2 N–H and O–H groups in total. The lowest BCUT2D eigenvalue weighted by Gasteiger charge is -2.29. The zero-order valence-corrected chi connectivity index (χ0v) is 19.8. The second kappa shape index (κ2) is 10.6. The van der Waals surface area contributed by atoms with Gasteiger partial charge in [0.25, 0.3) is 0 Å². The number of aryl methyl sites for hydroxylation is 2. The van der Waals surface area contributed by atoms with Crippen molar-refractivity contribution in [1.82, 2.24) is 5.32 Å². The van der Waals surface area contributed by atoms with Gasteiger partial charge in [-0.05, 0) is 56.0 Å². The number of amides is 3. The van der Waals surface area contributed by atoms with Crippen molar-refractivity contribution in [2.24, 2.45) is 0 Å². The first-order valence-corrected chi connectivity index (χ1v) is 12.2. The number of rotatable bonds is 7. The zero-order chi connectivity index (χ0) is 23.2. The number of anilines is 2. The van der Waals surface area contributed by atoms with Crippen LogP contribution in [0.25, 0.3) is 0 Å². The van der Waals surface area contributed by atoms with Gasteiger partial charge in [0.05, 0.1) is 18.0 Å². The van der Waals surface area contributed by atoms with Crippen LogP contribution in [0.5, 0.6) is 0 Å². The summed E-state index contributed by atoms with van der Waals surface area (Å²) >= 11 is 1.54. The van der Waals surface area contributed by atoms with E-state index >= 15 is 0 Å². The van der Waals surface area contributed by atoms with Crippen molar-refractivity contribution in [3.63, 3.8) is 0 Å². The summed E-state index contributed by atoms with van der Waals surface area (Å²) < 4.78 is 0. The number of fused-ring (bicyclic) bond motifs is 1. The Bertz CT molecular complexity index is 1120. The van der Waals surface area contributed by atoms with Crippen molar-refractivity contribution in [3.05, 3.63) is 89.5 Å². The van der Waals surface area contributed by atoms with E-state index in [9.17, 15) is 9.59 Å². The molecule has 0 aliphatic carbocycles.